The number of carbonyl (C=O) groups excluding carboxylic acids is 1. The first-order chi connectivity index (χ1) is 20.5. The molecule has 0 aliphatic rings. The molecule has 0 aliphatic heterocycles. The number of halogens is 5. The number of methoxy groups -OCH3 is 1. The molecular weight excluding hydrogens is 571 g/mol. The molecule has 0 heterocycles. The Bertz CT molecular complexity index is 1720. The Balaban J connectivity index is 1.60. The molecule has 0 aliphatic carbocycles. The summed E-state index contributed by atoms with van der Waals surface area (Å²) in [6.07, 6.45) is -3.58. The molecule has 0 saturated carbocycles. The number of benzene rings is 4. The van der Waals surface area contributed by atoms with Crippen molar-refractivity contribution in [3.05, 3.63) is 122 Å². The molecule has 5 nitrogen and oxygen atoms in total. The zero-order chi connectivity index (χ0) is 31.1. The van der Waals surface area contributed by atoms with Crippen molar-refractivity contribution in [1.29, 1.82) is 0 Å². The summed E-state index contributed by atoms with van der Waals surface area (Å²) in [4.78, 5) is 11.9. The average molecular weight is 595 g/mol. The smallest absolute Gasteiger partial charge is 0.338 e. The van der Waals surface area contributed by atoms with Gasteiger partial charge in [0.15, 0.2) is 35.5 Å². The summed E-state index contributed by atoms with van der Waals surface area (Å²) in [7, 11) is 1.37. The highest BCUT2D eigenvalue weighted by Gasteiger charge is 2.15. The number of esters is 1. The molecule has 43 heavy (non-hydrogen) atoms. The van der Waals surface area contributed by atoms with E-state index in [1.807, 2.05) is 0 Å². The quantitative estimate of drug-likeness (QED) is 0.0602. The first-order valence-corrected chi connectivity index (χ1v) is 12.5. The Morgan fingerprint density at radius 3 is 1.65 bits per heavy atom. The van der Waals surface area contributed by atoms with E-state index in [1.165, 1.54) is 44.4 Å². The average Bonchev–Trinajstić information content (AvgIpc) is 2.99. The van der Waals surface area contributed by atoms with E-state index in [2.05, 4.69) is 6.58 Å². The third kappa shape index (κ3) is 7.68. The highest BCUT2D eigenvalue weighted by Crippen LogP contribution is 2.37. The SMILES string of the molecule is C=C(C)C(=O)Oc1ccc(-c2ccc(-c3ccc(-c4ccc(OC)c(OC=C(F)F)c4)cc3F)cc2)cc1OC=C(F)F. The summed E-state index contributed by atoms with van der Waals surface area (Å²) in [6, 6.07) is 20.4. The van der Waals surface area contributed by atoms with Crippen LogP contribution in [0.15, 0.2) is 116 Å². The van der Waals surface area contributed by atoms with Gasteiger partial charge in [-0.25, -0.2) is 9.18 Å². The highest BCUT2D eigenvalue weighted by molar-refractivity contribution is 5.89. The van der Waals surface area contributed by atoms with Crippen molar-refractivity contribution in [1.82, 2.24) is 0 Å². The fourth-order valence-corrected chi connectivity index (χ4v) is 3.99. The molecule has 0 unspecified atom stereocenters. The van der Waals surface area contributed by atoms with Crippen molar-refractivity contribution in [2.45, 2.75) is 6.92 Å². The summed E-state index contributed by atoms with van der Waals surface area (Å²) in [6.45, 7) is 4.94. The molecule has 0 amide bonds. The van der Waals surface area contributed by atoms with Gasteiger partial charge >= 0.3 is 18.1 Å². The molecule has 0 bridgehead atoms. The second-order valence-corrected chi connectivity index (χ2v) is 9.02. The van der Waals surface area contributed by atoms with Crippen LogP contribution in [0, 0.1) is 5.82 Å². The lowest BCUT2D eigenvalue weighted by atomic mass is 9.97. The van der Waals surface area contributed by atoms with E-state index < -0.39 is 23.9 Å². The van der Waals surface area contributed by atoms with Crippen LogP contribution in [0.25, 0.3) is 33.4 Å². The van der Waals surface area contributed by atoms with Gasteiger partial charge in [-0.15, -0.1) is 0 Å². The standard InChI is InChI=1S/C33H23F5O5/c1-19(2)33(39)43-28-13-10-23(15-30(28)42-18-32(37)38)20-4-6-21(7-5-20)25-11-8-22(14-26(25)34)24-9-12-27(40-3)29(16-24)41-17-31(35)36/h4-18H,1H2,2-3H3. The van der Waals surface area contributed by atoms with Gasteiger partial charge in [0.2, 0.25) is 0 Å². The monoisotopic (exact) mass is 594 g/mol. The molecule has 4 rings (SSSR count). The van der Waals surface area contributed by atoms with E-state index in [-0.39, 0.29) is 41.1 Å². The van der Waals surface area contributed by atoms with Crippen molar-refractivity contribution in [3.63, 3.8) is 0 Å². The maximum absolute atomic E-state index is 15.3. The molecule has 0 fully saturated rings. The van der Waals surface area contributed by atoms with E-state index in [0.717, 1.165) is 0 Å². The second-order valence-electron chi connectivity index (χ2n) is 9.02. The largest absolute Gasteiger partial charge is 0.493 e. The maximum Gasteiger partial charge on any atom is 0.338 e. The number of hydrogen-bond acceptors (Lipinski definition) is 5. The van der Waals surface area contributed by atoms with Crippen LogP contribution in [0.1, 0.15) is 6.92 Å². The fraction of sp³-hybridized carbons (Fsp3) is 0.0606. The molecular formula is C33H23F5O5. The van der Waals surface area contributed by atoms with Crippen molar-refractivity contribution in [2.24, 2.45) is 0 Å². The van der Waals surface area contributed by atoms with Gasteiger partial charge in [-0.05, 0) is 65.1 Å². The van der Waals surface area contributed by atoms with Crippen molar-refractivity contribution >= 4 is 5.97 Å². The van der Waals surface area contributed by atoms with E-state index in [0.29, 0.717) is 33.4 Å². The van der Waals surface area contributed by atoms with Gasteiger partial charge < -0.3 is 18.9 Å². The number of rotatable bonds is 10. The molecule has 0 spiro atoms. The van der Waals surface area contributed by atoms with Gasteiger partial charge in [-0.1, -0.05) is 55.1 Å². The summed E-state index contributed by atoms with van der Waals surface area (Å²) in [5.41, 5.74) is 3.18. The zero-order valence-corrected chi connectivity index (χ0v) is 22.8. The van der Waals surface area contributed by atoms with Crippen molar-refractivity contribution in [2.75, 3.05) is 7.11 Å². The van der Waals surface area contributed by atoms with Crippen LogP contribution < -0.4 is 18.9 Å². The predicted octanol–water partition coefficient (Wildman–Crippen LogP) is 9.55. The highest BCUT2D eigenvalue weighted by atomic mass is 19.3. The van der Waals surface area contributed by atoms with E-state index in [9.17, 15) is 22.4 Å². The topological polar surface area (TPSA) is 54.0 Å². The van der Waals surface area contributed by atoms with Crippen molar-refractivity contribution in [3.8, 4) is 56.4 Å². The van der Waals surface area contributed by atoms with E-state index >= 15 is 4.39 Å². The third-order valence-corrected chi connectivity index (χ3v) is 6.04. The van der Waals surface area contributed by atoms with Gasteiger partial charge in [0.25, 0.3) is 0 Å². The molecule has 0 atom stereocenters. The Labute approximate surface area is 243 Å². The molecule has 10 heteroatoms. The number of ether oxygens (including phenoxy) is 4. The Hall–Kier alpha value is -5.38. The van der Waals surface area contributed by atoms with Crippen LogP contribution >= 0.6 is 0 Å². The molecule has 4 aromatic carbocycles. The minimum absolute atomic E-state index is 0.0364. The molecule has 0 saturated heterocycles. The molecule has 4 aromatic rings. The van der Waals surface area contributed by atoms with Gasteiger partial charge in [-0.3, -0.25) is 0 Å². The lowest BCUT2D eigenvalue weighted by molar-refractivity contribution is -0.130. The minimum atomic E-state index is -2.08. The lowest BCUT2D eigenvalue weighted by Crippen LogP contribution is -2.09. The summed E-state index contributed by atoms with van der Waals surface area (Å²) in [5, 5.41) is 0. The van der Waals surface area contributed by atoms with Crippen LogP contribution in [-0.2, 0) is 4.79 Å². The molecule has 0 radical (unpaired) electrons. The first-order valence-electron chi connectivity index (χ1n) is 12.5. The minimum Gasteiger partial charge on any atom is -0.493 e. The van der Waals surface area contributed by atoms with Crippen LogP contribution in [-0.4, -0.2) is 13.1 Å². The first kappa shape index (κ1) is 30.6. The summed E-state index contributed by atoms with van der Waals surface area (Å²) in [5.74, 6) is -1.21. The Kier molecular flexibility index (Phi) is 9.61. The summed E-state index contributed by atoms with van der Waals surface area (Å²) < 4.78 is 86.0. The fourth-order valence-electron chi connectivity index (χ4n) is 3.99. The Morgan fingerprint density at radius 2 is 1.12 bits per heavy atom. The predicted molar refractivity (Wildman–Crippen MR) is 152 cm³/mol. The number of hydrogen-bond donors (Lipinski definition) is 0. The van der Waals surface area contributed by atoms with Gasteiger partial charge in [0.05, 0.1) is 7.11 Å². The molecule has 220 valence electrons. The second kappa shape index (κ2) is 13.5. The van der Waals surface area contributed by atoms with Crippen LogP contribution in [0.2, 0.25) is 0 Å². The number of carbonyl (C=O) groups is 1. The van der Waals surface area contributed by atoms with Crippen molar-refractivity contribution < 1.29 is 45.7 Å². The van der Waals surface area contributed by atoms with E-state index in [4.69, 9.17) is 18.9 Å². The van der Waals surface area contributed by atoms with Gasteiger partial charge in [0, 0.05) is 11.1 Å². The van der Waals surface area contributed by atoms with Crippen LogP contribution in [0.5, 0.6) is 23.0 Å². The third-order valence-electron chi connectivity index (χ3n) is 6.04. The lowest BCUT2D eigenvalue weighted by Gasteiger charge is -2.12. The maximum atomic E-state index is 15.3. The van der Waals surface area contributed by atoms with E-state index in [1.54, 1.807) is 48.5 Å². The molecule has 0 aromatic heterocycles. The zero-order valence-electron chi connectivity index (χ0n) is 22.8. The van der Waals surface area contributed by atoms with Crippen LogP contribution in [0.3, 0.4) is 0 Å². The Morgan fingerprint density at radius 1 is 0.651 bits per heavy atom. The normalized spacial score (nSPS) is 10.4. The van der Waals surface area contributed by atoms with Crippen LogP contribution in [0.4, 0.5) is 22.0 Å². The molecule has 0 N–H and O–H groups in total. The van der Waals surface area contributed by atoms with Gasteiger partial charge in [-0.2, -0.15) is 17.6 Å². The summed E-state index contributed by atoms with van der Waals surface area (Å²) >= 11 is 0. The van der Waals surface area contributed by atoms with Gasteiger partial charge in [0.1, 0.15) is 5.82 Å².